The second kappa shape index (κ2) is 6.35. The van der Waals surface area contributed by atoms with Crippen LogP contribution in [-0.4, -0.2) is 27.9 Å². The monoisotopic (exact) mass is 225 g/mol. The van der Waals surface area contributed by atoms with Crippen LogP contribution in [0.5, 0.6) is 11.5 Å². The highest BCUT2D eigenvalue weighted by atomic mass is 16.5. The van der Waals surface area contributed by atoms with Gasteiger partial charge in [0.2, 0.25) is 0 Å². The van der Waals surface area contributed by atoms with E-state index < -0.39 is 0 Å². The van der Waals surface area contributed by atoms with Crippen molar-refractivity contribution in [3.63, 3.8) is 0 Å². The van der Waals surface area contributed by atoms with E-state index in [0.717, 1.165) is 29.0 Å². The van der Waals surface area contributed by atoms with E-state index in [4.69, 9.17) is 19.9 Å². The summed E-state index contributed by atoms with van der Waals surface area (Å²) >= 11 is 0. The summed E-state index contributed by atoms with van der Waals surface area (Å²) in [7, 11) is 4.92. The maximum absolute atomic E-state index is 5.53. The van der Waals surface area contributed by atoms with E-state index in [9.17, 15) is 0 Å². The molecule has 0 radical (unpaired) electrons. The molecule has 4 nitrogen and oxygen atoms in total. The topological polar surface area (TPSA) is 53.7 Å². The minimum atomic E-state index is 0.468. The lowest BCUT2D eigenvalue weighted by Gasteiger charge is -2.14. The van der Waals surface area contributed by atoms with E-state index in [1.807, 2.05) is 12.1 Å². The summed E-state index contributed by atoms with van der Waals surface area (Å²) in [6, 6.07) is 3.95. The van der Waals surface area contributed by atoms with Crippen LogP contribution in [-0.2, 0) is 17.8 Å². The Morgan fingerprint density at radius 3 is 2.00 bits per heavy atom. The van der Waals surface area contributed by atoms with Crippen LogP contribution in [0.15, 0.2) is 12.1 Å². The van der Waals surface area contributed by atoms with Gasteiger partial charge in [0.1, 0.15) is 11.5 Å². The molecule has 16 heavy (non-hydrogen) atoms. The van der Waals surface area contributed by atoms with E-state index in [1.165, 1.54) is 0 Å². The van der Waals surface area contributed by atoms with Gasteiger partial charge in [0.05, 0.1) is 26.4 Å². The van der Waals surface area contributed by atoms with Crippen molar-refractivity contribution >= 4 is 0 Å². The Morgan fingerprint density at radius 1 is 1.06 bits per heavy atom. The second-order valence-electron chi connectivity index (χ2n) is 3.45. The van der Waals surface area contributed by atoms with Crippen LogP contribution in [0, 0.1) is 0 Å². The largest absolute Gasteiger partial charge is 0.496 e. The van der Waals surface area contributed by atoms with Crippen molar-refractivity contribution in [1.29, 1.82) is 0 Å². The van der Waals surface area contributed by atoms with Crippen LogP contribution < -0.4 is 15.2 Å². The summed E-state index contributed by atoms with van der Waals surface area (Å²) in [5.74, 6) is 1.56. The molecule has 0 aliphatic carbocycles. The van der Waals surface area contributed by atoms with Gasteiger partial charge >= 0.3 is 0 Å². The number of ether oxygens (including phenoxy) is 3. The van der Waals surface area contributed by atoms with Crippen molar-refractivity contribution in [2.75, 3.05) is 27.9 Å². The maximum atomic E-state index is 5.53. The quantitative estimate of drug-likeness (QED) is 0.794. The Balaban J connectivity index is 3.14. The normalized spacial score (nSPS) is 10.2. The van der Waals surface area contributed by atoms with E-state index in [2.05, 4.69) is 0 Å². The fourth-order valence-corrected chi connectivity index (χ4v) is 1.64. The summed E-state index contributed by atoms with van der Waals surface area (Å²) in [5.41, 5.74) is 7.57. The molecule has 0 heterocycles. The smallest absolute Gasteiger partial charge is 0.128 e. The molecule has 0 unspecified atom stereocenters. The summed E-state index contributed by atoms with van der Waals surface area (Å²) in [4.78, 5) is 0. The van der Waals surface area contributed by atoms with Gasteiger partial charge in [-0.05, 0) is 30.7 Å². The highest BCUT2D eigenvalue weighted by molar-refractivity contribution is 5.48. The average molecular weight is 225 g/mol. The third-order valence-corrected chi connectivity index (χ3v) is 2.39. The van der Waals surface area contributed by atoms with Gasteiger partial charge in [-0.25, -0.2) is 0 Å². The van der Waals surface area contributed by atoms with Crippen LogP contribution >= 0.6 is 0 Å². The molecule has 0 atom stereocenters. The molecule has 0 saturated carbocycles. The van der Waals surface area contributed by atoms with Crippen LogP contribution in [0.1, 0.15) is 11.1 Å². The second-order valence-corrected chi connectivity index (χ2v) is 3.45. The van der Waals surface area contributed by atoms with Crippen molar-refractivity contribution in [3.8, 4) is 11.5 Å². The Labute approximate surface area is 96.3 Å². The summed E-state index contributed by atoms with van der Waals surface area (Å²) in [6.45, 7) is 1.07. The highest BCUT2D eigenvalue weighted by Gasteiger charge is 2.11. The third-order valence-electron chi connectivity index (χ3n) is 2.39. The molecule has 2 N–H and O–H groups in total. The van der Waals surface area contributed by atoms with Crippen LogP contribution in [0.2, 0.25) is 0 Å². The molecule has 0 amide bonds. The first-order chi connectivity index (χ1) is 7.76. The molecule has 0 aliphatic heterocycles. The molecule has 0 fully saturated rings. The Morgan fingerprint density at radius 2 is 1.62 bits per heavy atom. The lowest BCUT2D eigenvalue weighted by atomic mass is 10.1. The van der Waals surface area contributed by atoms with Crippen molar-refractivity contribution < 1.29 is 14.2 Å². The van der Waals surface area contributed by atoms with E-state index >= 15 is 0 Å². The SMILES string of the molecule is COCc1c(OC)cc(CCN)cc1OC. The lowest BCUT2D eigenvalue weighted by Crippen LogP contribution is -2.05. The molecule has 0 bridgehead atoms. The van der Waals surface area contributed by atoms with Gasteiger partial charge in [0, 0.05) is 7.11 Å². The standard InChI is InChI=1S/C12H19NO3/c1-14-8-10-11(15-2)6-9(4-5-13)7-12(10)16-3/h6-7H,4-5,8,13H2,1-3H3. The predicted octanol–water partition coefficient (Wildman–Crippen LogP) is 1.35. The van der Waals surface area contributed by atoms with Crippen molar-refractivity contribution in [1.82, 2.24) is 0 Å². The molecular weight excluding hydrogens is 206 g/mol. The fraction of sp³-hybridized carbons (Fsp3) is 0.500. The number of nitrogens with two attached hydrogens (primary N) is 1. The minimum Gasteiger partial charge on any atom is -0.496 e. The van der Waals surface area contributed by atoms with Gasteiger partial charge in [0.25, 0.3) is 0 Å². The Kier molecular flexibility index (Phi) is 5.08. The van der Waals surface area contributed by atoms with Gasteiger partial charge in [-0.1, -0.05) is 0 Å². The van der Waals surface area contributed by atoms with Crippen molar-refractivity contribution in [3.05, 3.63) is 23.3 Å². The summed E-state index contributed by atoms with van der Waals surface area (Å²) in [6.07, 6.45) is 0.806. The molecule has 1 aromatic rings. The number of benzene rings is 1. The maximum Gasteiger partial charge on any atom is 0.128 e. The van der Waals surface area contributed by atoms with Gasteiger partial charge in [-0.2, -0.15) is 0 Å². The molecule has 90 valence electrons. The molecule has 0 aliphatic rings. The van der Waals surface area contributed by atoms with Gasteiger partial charge in [-0.3, -0.25) is 0 Å². The lowest BCUT2D eigenvalue weighted by molar-refractivity contribution is 0.178. The van der Waals surface area contributed by atoms with E-state index in [0.29, 0.717) is 13.2 Å². The zero-order chi connectivity index (χ0) is 12.0. The summed E-state index contributed by atoms with van der Waals surface area (Å²) in [5, 5.41) is 0. The number of hydrogen-bond acceptors (Lipinski definition) is 4. The molecule has 1 aromatic carbocycles. The third kappa shape index (κ3) is 2.87. The van der Waals surface area contributed by atoms with Crippen molar-refractivity contribution in [2.24, 2.45) is 5.73 Å². The zero-order valence-corrected chi connectivity index (χ0v) is 10.1. The predicted molar refractivity (Wildman–Crippen MR) is 63.0 cm³/mol. The van der Waals surface area contributed by atoms with E-state index in [1.54, 1.807) is 21.3 Å². The molecule has 4 heteroatoms. The first-order valence-corrected chi connectivity index (χ1v) is 5.19. The van der Waals surface area contributed by atoms with Gasteiger partial charge < -0.3 is 19.9 Å². The molecular formula is C12H19NO3. The summed E-state index contributed by atoms with van der Waals surface area (Å²) < 4.78 is 15.8. The number of rotatable bonds is 6. The van der Waals surface area contributed by atoms with Gasteiger partial charge in [0.15, 0.2) is 0 Å². The highest BCUT2D eigenvalue weighted by Crippen LogP contribution is 2.31. The zero-order valence-electron chi connectivity index (χ0n) is 10.1. The molecule has 0 spiro atoms. The van der Waals surface area contributed by atoms with Crippen LogP contribution in [0.25, 0.3) is 0 Å². The number of hydrogen-bond donors (Lipinski definition) is 1. The molecule has 0 saturated heterocycles. The Bertz CT molecular complexity index is 314. The first-order valence-electron chi connectivity index (χ1n) is 5.19. The molecule has 0 aromatic heterocycles. The van der Waals surface area contributed by atoms with E-state index in [-0.39, 0.29) is 0 Å². The first kappa shape index (κ1) is 12.8. The minimum absolute atomic E-state index is 0.468. The number of methoxy groups -OCH3 is 3. The fourth-order valence-electron chi connectivity index (χ4n) is 1.64. The average Bonchev–Trinajstić information content (AvgIpc) is 2.31. The Hall–Kier alpha value is -1.26. The van der Waals surface area contributed by atoms with Gasteiger partial charge in [-0.15, -0.1) is 0 Å². The van der Waals surface area contributed by atoms with Crippen LogP contribution in [0.4, 0.5) is 0 Å². The van der Waals surface area contributed by atoms with Crippen LogP contribution in [0.3, 0.4) is 0 Å². The van der Waals surface area contributed by atoms with Crippen molar-refractivity contribution in [2.45, 2.75) is 13.0 Å². The molecule has 1 rings (SSSR count).